The van der Waals surface area contributed by atoms with Crippen molar-refractivity contribution in [1.82, 2.24) is 0 Å². The Balaban J connectivity index is 2.08. The molecular weight excluding hydrogens is 199 g/mol. The van der Waals surface area contributed by atoms with Gasteiger partial charge in [0.2, 0.25) is 0 Å². The first kappa shape index (κ1) is 11.4. The third kappa shape index (κ3) is 5.18. The minimum Gasteiger partial charge on any atom is -0.377 e. The van der Waals surface area contributed by atoms with E-state index in [2.05, 4.69) is 0 Å². The molecule has 1 unspecified atom stereocenters. The molecule has 0 aliphatic carbocycles. The summed E-state index contributed by atoms with van der Waals surface area (Å²) in [5, 5.41) is 0. The van der Waals surface area contributed by atoms with E-state index in [1.54, 1.807) is 0 Å². The number of ether oxygens (including phenoxy) is 1. The molecule has 0 saturated heterocycles. The first-order valence-electron chi connectivity index (χ1n) is 4.62. The predicted octanol–water partition coefficient (Wildman–Crippen LogP) is 2.06. The highest BCUT2D eigenvalue weighted by Crippen LogP contribution is 2.13. The molecule has 0 aliphatic heterocycles. The van der Waals surface area contributed by atoms with E-state index in [4.69, 9.17) is 9.63 Å². The second-order valence-electron chi connectivity index (χ2n) is 3.04. The maximum atomic E-state index is 10.4. The van der Waals surface area contributed by atoms with E-state index in [9.17, 15) is 4.57 Å². The molecule has 78 valence electrons. The number of rotatable bonds is 6. The van der Waals surface area contributed by atoms with Gasteiger partial charge in [-0.05, 0) is 12.0 Å². The second kappa shape index (κ2) is 6.77. The lowest BCUT2D eigenvalue weighted by atomic mass is 10.2. The lowest BCUT2D eigenvalue weighted by Crippen LogP contribution is -1.96. The van der Waals surface area contributed by atoms with Crippen LogP contribution in [0.4, 0.5) is 0 Å². The van der Waals surface area contributed by atoms with Crippen LogP contribution in [0.1, 0.15) is 12.0 Å². The van der Waals surface area contributed by atoms with E-state index in [-0.39, 0.29) is 0 Å². The summed E-state index contributed by atoms with van der Waals surface area (Å²) in [6.07, 6.45) is 1.01. The van der Waals surface area contributed by atoms with Crippen LogP contribution in [-0.2, 0) is 15.9 Å². The molecule has 1 N–H and O–H groups in total. The molecule has 0 spiro atoms. The zero-order valence-electron chi connectivity index (χ0n) is 7.98. The normalized spacial score (nSPS) is 12.6. The van der Waals surface area contributed by atoms with Gasteiger partial charge < -0.3 is 9.63 Å². The summed E-state index contributed by atoms with van der Waals surface area (Å²) in [6, 6.07) is 9.88. The molecule has 1 aromatic rings. The molecule has 4 heteroatoms. The Morgan fingerprint density at radius 3 is 2.64 bits per heavy atom. The zero-order valence-corrected chi connectivity index (χ0v) is 8.98. The van der Waals surface area contributed by atoms with Crippen LogP contribution in [0.3, 0.4) is 0 Å². The minimum absolute atomic E-state index is 0.361. The maximum absolute atomic E-state index is 10.4. The van der Waals surface area contributed by atoms with Gasteiger partial charge in [-0.25, -0.2) is 0 Å². The summed E-state index contributed by atoms with van der Waals surface area (Å²) < 4.78 is 15.7. The molecule has 1 aromatic carbocycles. The van der Waals surface area contributed by atoms with E-state index in [0.717, 1.165) is 5.56 Å². The first-order valence-corrected chi connectivity index (χ1v) is 6.19. The Morgan fingerprint density at radius 2 is 2.00 bits per heavy atom. The van der Waals surface area contributed by atoms with Gasteiger partial charge in [-0.15, -0.1) is 0 Å². The van der Waals surface area contributed by atoms with Crippen molar-refractivity contribution in [3.8, 4) is 0 Å². The third-order valence-corrected chi connectivity index (χ3v) is 2.57. The fraction of sp³-hybridized carbons (Fsp3) is 0.400. The Kier molecular flexibility index (Phi) is 5.53. The fourth-order valence-corrected chi connectivity index (χ4v) is 1.54. The van der Waals surface area contributed by atoms with Gasteiger partial charge in [0.05, 0.1) is 6.61 Å². The van der Waals surface area contributed by atoms with Crippen LogP contribution in [0.15, 0.2) is 30.3 Å². The van der Waals surface area contributed by atoms with Crippen molar-refractivity contribution in [2.45, 2.75) is 13.0 Å². The SMILES string of the molecule is O=[PH](O)CCCOCc1ccccc1. The standard InChI is InChI=1S/C10H15O3P/c11-14(12)8-4-7-13-9-10-5-2-1-3-6-10/h1-3,5-6,14H,4,7-9H2,(H,11,12). The zero-order chi connectivity index (χ0) is 10.2. The summed E-state index contributed by atoms with van der Waals surface area (Å²) >= 11 is 0. The second-order valence-corrected chi connectivity index (χ2v) is 4.32. The van der Waals surface area contributed by atoms with Crippen molar-refractivity contribution in [1.29, 1.82) is 0 Å². The molecule has 0 aromatic heterocycles. The lowest BCUT2D eigenvalue weighted by molar-refractivity contribution is 0.121. The predicted molar refractivity (Wildman–Crippen MR) is 56.8 cm³/mol. The smallest absolute Gasteiger partial charge is 0.189 e. The fourth-order valence-electron chi connectivity index (χ4n) is 1.09. The van der Waals surface area contributed by atoms with E-state index in [0.29, 0.717) is 25.8 Å². The average molecular weight is 214 g/mol. The molecule has 3 nitrogen and oxygen atoms in total. The summed E-state index contributed by atoms with van der Waals surface area (Å²) in [6.45, 7) is 1.12. The van der Waals surface area contributed by atoms with Gasteiger partial charge in [0, 0.05) is 12.8 Å². The van der Waals surface area contributed by atoms with E-state index >= 15 is 0 Å². The Morgan fingerprint density at radius 1 is 1.29 bits per heavy atom. The highest BCUT2D eigenvalue weighted by atomic mass is 31.1. The molecule has 0 fully saturated rings. The topological polar surface area (TPSA) is 46.5 Å². The molecule has 0 amide bonds. The van der Waals surface area contributed by atoms with Crippen LogP contribution in [0, 0.1) is 0 Å². The van der Waals surface area contributed by atoms with Crippen LogP contribution in [0.25, 0.3) is 0 Å². The maximum Gasteiger partial charge on any atom is 0.189 e. The minimum atomic E-state index is -2.31. The van der Waals surface area contributed by atoms with Crippen LogP contribution in [-0.4, -0.2) is 17.7 Å². The number of hydrogen-bond acceptors (Lipinski definition) is 2. The van der Waals surface area contributed by atoms with E-state index in [1.807, 2.05) is 30.3 Å². The first-order chi connectivity index (χ1) is 6.79. The molecule has 14 heavy (non-hydrogen) atoms. The van der Waals surface area contributed by atoms with Crippen molar-refractivity contribution in [2.24, 2.45) is 0 Å². The summed E-state index contributed by atoms with van der Waals surface area (Å²) in [4.78, 5) is 8.56. The largest absolute Gasteiger partial charge is 0.377 e. The van der Waals surface area contributed by atoms with Crippen LogP contribution in [0.5, 0.6) is 0 Å². The average Bonchev–Trinajstić information content (AvgIpc) is 2.18. The molecule has 0 saturated carbocycles. The summed E-state index contributed by atoms with van der Waals surface area (Å²) in [5.74, 6) is 0. The lowest BCUT2D eigenvalue weighted by Gasteiger charge is -2.02. The molecule has 0 radical (unpaired) electrons. The van der Waals surface area contributed by atoms with Crippen molar-refractivity contribution >= 4 is 8.03 Å². The van der Waals surface area contributed by atoms with Crippen molar-refractivity contribution in [2.75, 3.05) is 12.8 Å². The highest BCUT2D eigenvalue weighted by Gasteiger charge is 1.94. The summed E-state index contributed by atoms with van der Waals surface area (Å²) in [7, 11) is -2.31. The Labute approximate surface area is 84.6 Å². The van der Waals surface area contributed by atoms with Gasteiger partial charge in [-0.3, -0.25) is 4.57 Å². The van der Waals surface area contributed by atoms with Crippen LogP contribution in [0.2, 0.25) is 0 Å². The molecule has 1 atom stereocenters. The summed E-state index contributed by atoms with van der Waals surface area (Å²) in [5.41, 5.74) is 1.13. The van der Waals surface area contributed by atoms with Gasteiger partial charge in [0.25, 0.3) is 0 Å². The van der Waals surface area contributed by atoms with E-state index < -0.39 is 8.03 Å². The Bertz CT molecular complexity index is 274. The molecule has 0 bridgehead atoms. The van der Waals surface area contributed by atoms with Crippen molar-refractivity contribution in [3.05, 3.63) is 35.9 Å². The molecule has 1 rings (SSSR count). The van der Waals surface area contributed by atoms with Crippen molar-refractivity contribution < 1.29 is 14.2 Å². The van der Waals surface area contributed by atoms with Gasteiger partial charge in [0.15, 0.2) is 8.03 Å². The molecule has 0 aliphatic rings. The van der Waals surface area contributed by atoms with Gasteiger partial charge in [-0.1, -0.05) is 30.3 Å². The van der Waals surface area contributed by atoms with Gasteiger partial charge >= 0.3 is 0 Å². The van der Waals surface area contributed by atoms with Crippen molar-refractivity contribution in [3.63, 3.8) is 0 Å². The molecular formula is C10H15O3P. The highest BCUT2D eigenvalue weighted by molar-refractivity contribution is 7.37. The van der Waals surface area contributed by atoms with Gasteiger partial charge in [0.1, 0.15) is 0 Å². The third-order valence-electron chi connectivity index (χ3n) is 1.79. The van der Waals surface area contributed by atoms with Crippen LogP contribution >= 0.6 is 8.03 Å². The number of benzene rings is 1. The van der Waals surface area contributed by atoms with Gasteiger partial charge in [-0.2, -0.15) is 0 Å². The quantitative estimate of drug-likeness (QED) is 0.582. The van der Waals surface area contributed by atoms with E-state index in [1.165, 1.54) is 0 Å². The molecule has 0 heterocycles. The van der Waals surface area contributed by atoms with Crippen LogP contribution < -0.4 is 0 Å². The number of hydrogen-bond donors (Lipinski definition) is 1. The monoisotopic (exact) mass is 214 g/mol. The Hall–Kier alpha value is -0.630.